The highest BCUT2D eigenvalue weighted by Gasteiger charge is 2.22. The van der Waals surface area contributed by atoms with Crippen molar-refractivity contribution in [3.63, 3.8) is 0 Å². The minimum absolute atomic E-state index is 0.175. The number of anilines is 2. The number of halogens is 1. The van der Waals surface area contributed by atoms with Crippen molar-refractivity contribution in [2.75, 3.05) is 10.5 Å². The van der Waals surface area contributed by atoms with Crippen LogP contribution in [0.15, 0.2) is 17.0 Å². The molecule has 0 saturated carbocycles. The van der Waals surface area contributed by atoms with Crippen LogP contribution in [0.1, 0.15) is 5.56 Å². The lowest BCUT2D eigenvalue weighted by molar-refractivity contribution is 0.569. The van der Waals surface area contributed by atoms with Gasteiger partial charge in [-0.25, -0.2) is 17.5 Å². The molecule has 0 radical (unpaired) electrons. The lowest BCUT2D eigenvalue weighted by Crippen LogP contribution is -2.16. The molecule has 1 aromatic carbocycles. The highest BCUT2D eigenvalue weighted by Crippen LogP contribution is 2.22. The van der Waals surface area contributed by atoms with Crippen LogP contribution in [0.4, 0.5) is 16.0 Å². The molecule has 0 fully saturated rings. The van der Waals surface area contributed by atoms with Crippen molar-refractivity contribution in [1.29, 1.82) is 0 Å². The van der Waals surface area contributed by atoms with Crippen molar-refractivity contribution in [2.45, 2.75) is 11.8 Å². The van der Waals surface area contributed by atoms with Gasteiger partial charge in [0.25, 0.3) is 16.0 Å². The van der Waals surface area contributed by atoms with Gasteiger partial charge >= 0.3 is 0 Å². The van der Waals surface area contributed by atoms with E-state index in [0.717, 1.165) is 16.9 Å². The van der Waals surface area contributed by atoms with Crippen molar-refractivity contribution in [3.8, 4) is 0 Å². The van der Waals surface area contributed by atoms with Crippen molar-refractivity contribution in [3.05, 3.63) is 23.5 Å². The predicted octanol–water partition coefficient (Wildman–Crippen LogP) is 0.0406. The molecule has 0 aliphatic heterocycles. The molecular weight excluding hydrogens is 275 g/mol. The van der Waals surface area contributed by atoms with Crippen LogP contribution in [-0.2, 0) is 17.1 Å². The lowest BCUT2D eigenvalue weighted by Gasteiger charge is -2.08. The molecule has 1 aromatic heterocycles. The zero-order valence-corrected chi connectivity index (χ0v) is 10.9. The van der Waals surface area contributed by atoms with Gasteiger partial charge in [0.1, 0.15) is 10.7 Å². The summed E-state index contributed by atoms with van der Waals surface area (Å²) < 4.78 is 39.7. The number of rotatable bonds is 3. The third-order valence-corrected chi connectivity index (χ3v) is 3.69. The number of tetrazole rings is 1. The molecule has 0 bridgehead atoms. The molecule has 0 amide bonds. The number of benzene rings is 1. The van der Waals surface area contributed by atoms with Gasteiger partial charge < -0.3 is 5.73 Å². The molecule has 19 heavy (non-hydrogen) atoms. The Morgan fingerprint density at radius 1 is 1.42 bits per heavy atom. The van der Waals surface area contributed by atoms with E-state index in [1.54, 1.807) is 6.92 Å². The molecule has 10 heteroatoms. The van der Waals surface area contributed by atoms with Crippen molar-refractivity contribution in [1.82, 2.24) is 20.2 Å². The maximum absolute atomic E-state index is 13.7. The largest absolute Gasteiger partial charge is 0.398 e. The first-order valence-corrected chi connectivity index (χ1v) is 6.60. The summed E-state index contributed by atoms with van der Waals surface area (Å²) >= 11 is 0. The fourth-order valence-electron chi connectivity index (χ4n) is 1.37. The molecule has 2 rings (SSSR count). The van der Waals surface area contributed by atoms with Gasteiger partial charge in [0, 0.05) is 5.69 Å². The highest BCUT2D eigenvalue weighted by atomic mass is 32.2. The summed E-state index contributed by atoms with van der Waals surface area (Å²) in [6.45, 7) is 1.58. The molecule has 8 nitrogen and oxygen atoms in total. The fraction of sp³-hybridized carbons (Fsp3) is 0.222. The molecule has 0 aliphatic rings. The number of hydrogen-bond donors (Lipinski definition) is 2. The minimum atomic E-state index is -4.15. The molecule has 0 saturated heterocycles. The van der Waals surface area contributed by atoms with E-state index in [9.17, 15) is 12.8 Å². The number of nitrogens with one attached hydrogen (secondary N) is 1. The summed E-state index contributed by atoms with van der Waals surface area (Å²) in [5.41, 5.74) is 6.20. The zero-order chi connectivity index (χ0) is 14.2. The van der Waals surface area contributed by atoms with Crippen molar-refractivity contribution < 1.29 is 12.8 Å². The molecule has 102 valence electrons. The van der Waals surface area contributed by atoms with Crippen molar-refractivity contribution in [2.24, 2.45) is 7.05 Å². The Morgan fingerprint density at radius 3 is 2.68 bits per heavy atom. The summed E-state index contributed by atoms with van der Waals surface area (Å²) in [6, 6.07) is 2.09. The number of aryl methyl sites for hydroxylation is 2. The van der Waals surface area contributed by atoms with E-state index in [0.29, 0.717) is 5.56 Å². The Kier molecular flexibility index (Phi) is 3.10. The number of nitrogens with zero attached hydrogens (tertiary/aromatic N) is 4. The first kappa shape index (κ1) is 13.2. The molecule has 3 N–H and O–H groups in total. The van der Waals surface area contributed by atoms with Gasteiger partial charge in [-0.05, 0) is 29.8 Å². The Balaban J connectivity index is 2.42. The average Bonchev–Trinajstić information content (AvgIpc) is 2.68. The maximum Gasteiger partial charge on any atom is 0.277 e. The predicted molar refractivity (Wildman–Crippen MR) is 65.2 cm³/mol. The maximum atomic E-state index is 13.7. The Labute approximate surface area is 108 Å². The quantitative estimate of drug-likeness (QED) is 0.770. The molecule has 2 aromatic rings. The van der Waals surface area contributed by atoms with Gasteiger partial charge in [-0.3, -0.25) is 0 Å². The number of nitrogens with two attached hydrogens (primary N) is 1. The number of hydrogen-bond acceptors (Lipinski definition) is 6. The van der Waals surface area contributed by atoms with E-state index in [1.165, 1.54) is 7.05 Å². The van der Waals surface area contributed by atoms with Gasteiger partial charge in [-0.15, -0.1) is 5.10 Å². The normalized spacial score (nSPS) is 11.5. The first-order chi connectivity index (χ1) is 8.79. The smallest absolute Gasteiger partial charge is 0.277 e. The third-order valence-electron chi connectivity index (χ3n) is 2.34. The van der Waals surface area contributed by atoms with E-state index in [2.05, 4.69) is 15.4 Å². The lowest BCUT2D eigenvalue weighted by atomic mass is 10.2. The van der Waals surface area contributed by atoms with Gasteiger partial charge in [-0.1, -0.05) is 5.10 Å². The van der Waals surface area contributed by atoms with Crippen LogP contribution in [0.25, 0.3) is 0 Å². The SMILES string of the molecule is Cc1cc(F)c(S(=O)(=O)Nc2nnn(C)n2)cc1N. The van der Waals surface area contributed by atoms with Gasteiger partial charge in [0.15, 0.2) is 0 Å². The summed E-state index contributed by atoms with van der Waals surface area (Å²) in [5.74, 6) is -1.15. The van der Waals surface area contributed by atoms with Crippen LogP contribution >= 0.6 is 0 Å². The second-order valence-electron chi connectivity index (χ2n) is 3.85. The first-order valence-electron chi connectivity index (χ1n) is 5.12. The summed E-state index contributed by atoms with van der Waals surface area (Å²) in [5, 5.41) is 10.6. The van der Waals surface area contributed by atoms with Crippen LogP contribution in [0.2, 0.25) is 0 Å². The van der Waals surface area contributed by atoms with Gasteiger partial charge in [0.2, 0.25) is 0 Å². The van der Waals surface area contributed by atoms with Crippen LogP contribution < -0.4 is 10.5 Å². The van der Waals surface area contributed by atoms with E-state index in [1.807, 2.05) is 4.72 Å². The number of sulfonamides is 1. The molecule has 0 spiro atoms. The second-order valence-corrected chi connectivity index (χ2v) is 5.50. The van der Waals surface area contributed by atoms with E-state index in [-0.39, 0.29) is 11.6 Å². The molecule has 0 aliphatic carbocycles. The van der Waals surface area contributed by atoms with Crippen molar-refractivity contribution >= 4 is 21.7 Å². The molecule has 1 heterocycles. The summed E-state index contributed by atoms with van der Waals surface area (Å²) in [6.07, 6.45) is 0. The molecule has 0 unspecified atom stereocenters. The van der Waals surface area contributed by atoms with Crippen LogP contribution in [-0.4, -0.2) is 28.6 Å². The highest BCUT2D eigenvalue weighted by molar-refractivity contribution is 7.92. The monoisotopic (exact) mass is 286 g/mol. The molecular formula is C9H11FN6O2S. The zero-order valence-electron chi connectivity index (χ0n) is 10.1. The van der Waals surface area contributed by atoms with Crippen LogP contribution in [0, 0.1) is 12.7 Å². The van der Waals surface area contributed by atoms with E-state index >= 15 is 0 Å². The Bertz CT molecular complexity index is 726. The van der Waals surface area contributed by atoms with E-state index < -0.39 is 20.7 Å². The summed E-state index contributed by atoms with van der Waals surface area (Å²) in [4.78, 5) is 0.501. The van der Waals surface area contributed by atoms with Gasteiger partial charge in [0.05, 0.1) is 7.05 Å². The van der Waals surface area contributed by atoms with Crippen LogP contribution in [0.3, 0.4) is 0 Å². The number of nitrogen functional groups attached to an aromatic ring is 1. The topological polar surface area (TPSA) is 116 Å². The molecule has 0 atom stereocenters. The average molecular weight is 286 g/mol. The van der Waals surface area contributed by atoms with Crippen LogP contribution in [0.5, 0.6) is 0 Å². The fourth-order valence-corrected chi connectivity index (χ4v) is 2.40. The van der Waals surface area contributed by atoms with Gasteiger partial charge in [-0.2, -0.15) is 4.80 Å². The second kappa shape index (κ2) is 4.46. The Morgan fingerprint density at radius 2 is 2.11 bits per heavy atom. The number of aromatic nitrogens is 4. The van der Waals surface area contributed by atoms with E-state index in [4.69, 9.17) is 5.73 Å². The summed E-state index contributed by atoms with van der Waals surface area (Å²) in [7, 11) is -2.69. The minimum Gasteiger partial charge on any atom is -0.398 e. The standard InChI is InChI=1S/C9H11FN6O2S/c1-5-3-6(10)8(4-7(5)11)19(17,18)14-9-12-15-16(2)13-9/h3-4H,11H2,1-2H3,(H,13,14). The third kappa shape index (κ3) is 2.62. The Hall–Kier alpha value is -2.23.